The van der Waals surface area contributed by atoms with Gasteiger partial charge >= 0.3 is 5.97 Å². The molecule has 1 N–H and O–H groups in total. The number of hydrogen-bond donors (Lipinski definition) is 1. The van der Waals surface area contributed by atoms with Crippen LogP contribution in [0.15, 0.2) is 18.2 Å². The van der Waals surface area contributed by atoms with Crippen molar-refractivity contribution in [3.8, 4) is 0 Å². The number of nitro groups is 1. The molecule has 0 heterocycles. The Morgan fingerprint density at radius 1 is 0.956 bits per heavy atom. The summed E-state index contributed by atoms with van der Waals surface area (Å²) in [7, 11) is 0. The number of ether oxygens (including phenoxy) is 1. The van der Waals surface area contributed by atoms with Crippen molar-refractivity contribution < 1.29 is 19.2 Å². The highest BCUT2D eigenvalue weighted by atomic mass is 16.6. The first kappa shape index (κ1) is 32.5. The smallest absolute Gasteiger partial charge is 0.306 e. The van der Waals surface area contributed by atoms with Crippen molar-refractivity contribution in [2.45, 2.75) is 130 Å². The fourth-order valence-corrected chi connectivity index (χ4v) is 11.6. The van der Waals surface area contributed by atoms with Crippen LogP contribution in [0.4, 0.5) is 5.69 Å². The minimum absolute atomic E-state index is 0.153. The predicted octanol–water partition coefficient (Wildman–Crippen LogP) is 9.02. The fourth-order valence-electron chi connectivity index (χ4n) is 11.6. The average molecular weight is 621 g/mol. The monoisotopic (exact) mass is 620 g/mol. The van der Waals surface area contributed by atoms with Gasteiger partial charge in [-0.2, -0.15) is 0 Å². The van der Waals surface area contributed by atoms with E-state index in [2.05, 4.69) is 26.1 Å². The summed E-state index contributed by atoms with van der Waals surface area (Å²) >= 11 is 0. The first-order chi connectivity index (χ1) is 21.6. The Bertz CT molecular complexity index is 1260. The van der Waals surface area contributed by atoms with Gasteiger partial charge in [-0.1, -0.05) is 46.5 Å². The van der Waals surface area contributed by atoms with Crippen LogP contribution in [0.25, 0.3) is 0 Å². The maximum absolute atomic E-state index is 12.9. The van der Waals surface area contributed by atoms with Gasteiger partial charge in [0.25, 0.3) is 11.6 Å². The summed E-state index contributed by atoms with van der Waals surface area (Å²) in [6.45, 7) is 8.01. The number of esters is 1. The Morgan fingerprint density at radius 3 is 2.49 bits per heavy atom. The van der Waals surface area contributed by atoms with E-state index in [0.29, 0.717) is 47.1 Å². The molecular formula is C38H56N2O5. The number of carbonyl (C=O) groups excluding carboxylic acids is 2. The van der Waals surface area contributed by atoms with E-state index in [4.69, 9.17) is 4.74 Å². The summed E-state index contributed by atoms with van der Waals surface area (Å²) in [5, 5.41) is 14.8. The van der Waals surface area contributed by atoms with Crippen LogP contribution < -0.4 is 5.32 Å². The van der Waals surface area contributed by atoms with Gasteiger partial charge in [-0.15, -0.1) is 0 Å². The van der Waals surface area contributed by atoms with Gasteiger partial charge in [-0.3, -0.25) is 19.7 Å². The number of hydrogen-bond acceptors (Lipinski definition) is 5. The minimum Gasteiger partial charge on any atom is -0.461 e. The van der Waals surface area contributed by atoms with E-state index in [9.17, 15) is 19.7 Å². The summed E-state index contributed by atoms with van der Waals surface area (Å²) in [4.78, 5) is 36.8. The first-order valence-corrected chi connectivity index (χ1v) is 18.3. The van der Waals surface area contributed by atoms with E-state index >= 15 is 0 Å². The lowest BCUT2D eigenvalue weighted by Crippen LogP contribution is -2.53. The molecule has 0 bridgehead atoms. The zero-order valence-electron chi connectivity index (χ0n) is 28.0. The second-order valence-electron chi connectivity index (χ2n) is 16.3. The molecule has 8 unspecified atom stereocenters. The average Bonchev–Trinajstić information content (AvgIpc) is 3.68. The maximum atomic E-state index is 12.9. The van der Waals surface area contributed by atoms with Crippen LogP contribution in [0.3, 0.4) is 0 Å². The van der Waals surface area contributed by atoms with Gasteiger partial charge in [0, 0.05) is 24.6 Å². The van der Waals surface area contributed by atoms with Gasteiger partial charge in [0.05, 0.1) is 10.5 Å². The Kier molecular flexibility index (Phi) is 9.64. The zero-order valence-corrected chi connectivity index (χ0v) is 28.0. The molecule has 248 valence electrons. The van der Waals surface area contributed by atoms with Crippen LogP contribution in [0.1, 0.15) is 139 Å². The Hall–Kier alpha value is -2.44. The molecule has 5 fully saturated rings. The van der Waals surface area contributed by atoms with Crippen LogP contribution in [0.2, 0.25) is 0 Å². The number of nitro benzene ring substituents is 1. The Labute approximate surface area is 270 Å². The molecule has 1 amide bonds. The molecule has 6 rings (SSSR count). The standard InChI is InChI=1S/C38H56N2O5/c1-25(31-16-17-32-30-15-14-29-10-6-7-20-37(29,2)33(30)19-21-38(31,32)3)11-18-35(41)45-24-28-13-12-27(22-34(28)40(43)44)36(42)39-23-26-8-4-5-9-26/h12-13,22,25-26,29-33H,4-11,14-21,23-24H2,1-3H3,(H,39,42). The second-order valence-corrected chi connectivity index (χ2v) is 16.3. The third-order valence-corrected chi connectivity index (χ3v) is 14.1. The van der Waals surface area contributed by atoms with Gasteiger partial charge in [0.15, 0.2) is 0 Å². The molecule has 5 aliphatic carbocycles. The van der Waals surface area contributed by atoms with E-state index in [1.165, 1.54) is 83.1 Å². The highest BCUT2D eigenvalue weighted by Crippen LogP contribution is 2.68. The second kappa shape index (κ2) is 13.4. The highest BCUT2D eigenvalue weighted by Gasteiger charge is 2.60. The molecule has 0 aliphatic heterocycles. The summed E-state index contributed by atoms with van der Waals surface area (Å²) in [6.07, 6.45) is 19.7. The van der Waals surface area contributed by atoms with Crippen LogP contribution in [0.5, 0.6) is 0 Å². The van der Waals surface area contributed by atoms with Crippen molar-refractivity contribution in [1.29, 1.82) is 0 Å². The lowest BCUT2D eigenvalue weighted by atomic mass is 9.44. The van der Waals surface area contributed by atoms with E-state index in [0.717, 1.165) is 42.9 Å². The highest BCUT2D eigenvalue weighted by molar-refractivity contribution is 5.95. The normalized spacial score (nSPS) is 35.1. The third-order valence-electron chi connectivity index (χ3n) is 14.1. The van der Waals surface area contributed by atoms with Crippen LogP contribution >= 0.6 is 0 Å². The largest absolute Gasteiger partial charge is 0.461 e. The number of carbonyl (C=O) groups is 2. The van der Waals surface area contributed by atoms with Crippen LogP contribution in [0, 0.1) is 62.4 Å². The summed E-state index contributed by atoms with van der Waals surface area (Å²) in [5.74, 6) is 4.53. The molecule has 8 atom stereocenters. The predicted molar refractivity (Wildman–Crippen MR) is 175 cm³/mol. The van der Waals surface area contributed by atoms with E-state index in [1.807, 2.05) is 0 Å². The van der Waals surface area contributed by atoms with Crippen molar-refractivity contribution in [2.75, 3.05) is 6.54 Å². The number of fused-ring (bicyclic) bond motifs is 5. The van der Waals surface area contributed by atoms with E-state index in [-0.39, 0.29) is 29.7 Å². The van der Waals surface area contributed by atoms with Crippen LogP contribution in [-0.2, 0) is 16.1 Å². The lowest BCUT2D eigenvalue weighted by molar-refractivity contribution is -0.385. The number of amides is 1. The number of benzene rings is 1. The molecule has 0 aromatic heterocycles. The molecule has 45 heavy (non-hydrogen) atoms. The topological polar surface area (TPSA) is 98.5 Å². The van der Waals surface area contributed by atoms with Gasteiger partial charge in [0.2, 0.25) is 0 Å². The summed E-state index contributed by atoms with van der Waals surface area (Å²) in [5.41, 5.74) is 1.34. The molecule has 1 aromatic carbocycles. The van der Waals surface area contributed by atoms with Crippen LogP contribution in [-0.4, -0.2) is 23.3 Å². The SMILES string of the molecule is CC(CCC(=O)OCc1ccc(C(=O)NCC2CCCC2)cc1[N+](=O)[O-])C1CCC2C3CCC4CCCCC4(C)C3CCC12C. The van der Waals surface area contributed by atoms with Crippen molar-refractivity contribution in [3.63, 3.8) is 0 Å². The van der Waals surface area contributed by atoms with E-state index in [1.54, 1.807) is 12.1 Å². The Morgan fingerprint density at radius 2 is 1.71 bits per heavy atom. The zero-order chi connectivity index (χ0) is 31.8. The number of rotatable bonds is 10. The first-order valence-electron chi connectivity index (χ1n) is 18.3. The summed E-state index contributed by atoms with van der Waals surface area (Å²) in [6, 6.07) is 4.45. The molecule has 7 nitrogen and oxygen atoms in total. The molecular weight excluding hydrogens is 564 g/mol. The minimum atomic E-state index is -0.494. The molecule has 7 heteroatoms. The van der Waals surface area contributed by atoms with E-state index < -0.39 is 4.92 Å². The fraction of sp³-hybridized carbons (Fsp3) is 0.789. The Balaban J connectivity index is 1.00. The molecule has 0 saturated heterocycles. The summed E-state index contributed by atoms with van der Waals surface area (Å²) < 4.78 is 5.57. The van der Waals surface area contributed by atoms with Gasteiger partial charge in [0.1, 0.15) is 6.61 Å². The van der Waals surface area contributed by atoms with Gasteiger partial charge in [-0.05, 0) is 135 Å². The maximum Gasteiger partial charge on any atom is 0.306 e. The van der Waals surface area contributed by atoms with Gasteiger partial charge < -0.3 is 10.1 Å². The van der Waals surface area contributed by atoms with Gasteiger partial charge in [-0.25, -0.2) is 0 Å². The molecule has 0 spiro atoms. The molecule has 5 aliphatic rings. The quantitative estimate of drug-likeness (QED) is 0.160. The van der Waals surface area contributed by atoms with Crippen molar-refractivity contribution >= 4 is 17.6 Å². The van der Waals surface area contributed by atoms with Crippen molar-refractivity contribution in [2.24, 2.45) is 52.3 Å². The molecule has 0 radical (unpaired) electrons. The molecule has 1 aromatic rings. The van der Waals surface area contributed by atoms with Crippen molar-refractivity contribution in [1.82, 2.24) is 5.32 Å². The third kappa shape index (κ3) is 6.43. The molecule has 5 saturated carbocycles. The number of nitrogens with one attached hydrogen (secondary N) is 1. The van der Waals surface area contributed by atoms with Crippen molar-refractivity contribution in [3.05, 3.63) is 39.4 Å². The lowest BCUT2D eigenvalue weighted by Gasteiger charge is -2.61. The number of nitrogens with zero attached hydrogens (tertiary/aromatic N) is 1.